The highest BCUT2D eigenvalue weighted by Gasteiger charge is 2.22. The standard InChI is InChI=1S/C26H31N3O3/c1-32-20-13-11-19(12-14-20)22(23-17-27-24-9-6-5-8-21(23)24)16-28-25(30)18-29-15-7-3-2-4-10-26(29)31/h5-6,8-9,11-14,17,22,27H,2-4,7,10,15-16,18H2,1H3,(H,28,30). The van der Waals surface area contributed by atoms with Crippen LogP contribution in [-0.2, 0) is 9.59 Å². The Balaban J connectivity index is 1.51. The van der Waals surface area contributed by atoms with Gasteiger partial charge in [0.2, 0.25) is 11.8 Å². The third kappa shape index (κ3) is 5.13. The molecule has 0 saturated carbocycles. The molecule has 2 N–H and O–H groups in total. The number of methoxy groups -OCH3 is 1. The number of ether oxygens (including phenoxy) is 1. The monoisotopic (exact) mass is 433 g/mol. The lowest BCUT2D eigenvalue weighted by Crippen LogP contribution is -2.42. The largest absolute Gasteiger partial charge is 0.497 e. The molecule has 1 aliphatic rings. The van der Waals surface area contributed by atoms with E-state index in [0.29, 0.717) is 19.5 Å². The fourth-order valence-corrected chi connectivity index (χ4v) is 4.45. The molecular formula is C26H31N3O3. The zero-order chi connectivity index (χ0) is 22.3. The Kier molecular flexibility index (Phi) is 7.10. The first-order chi connectivity index (χ1) is 15.7. The number of nitrogens with one attached hydrogen (secondary N) is 2. The van der Waals surface area contributed by atoms with E-state index in [-0.39, 0.29) is 24.3 Å². The number of carbonyl (C=O) groups excluding carboxylic acids is 2. The van der Waals surface area contributed by atoms with Crippen molar-refractivity contribution in [2.45, 2.75) is 38.0 Å². The van der Waals surface area contributed by atoms with Gasteiger partial charge in [-0.05, 0) is 42.2 Å². The second-order valence-electron chi connectivity index (χ2n) is 8.40. The molecule has 1 aliphatic heterocycles. The van der Waals surface area contributed by atoms with Crippen molar-refractivity contribution in [3.8, 4) is 5.75 Å². The smallest absolute Gasteiger partial charge is 0.239 e. The molecule has 0 radical (unpaired) electrons. The van der Waals surface area contributed by atoms with Crippen LogP contribution in [0.15, 0.2) is 54.7 Å². The molecule has 0 spiro atoms. The molecule has 1 aromatic heterocycles. The normalized spacial score (nSPS) is 15.8. The summed E-state index contributed by atoms with van der Waals surface area (Å²) in [5, 5.41) is 4.23. The predicted molar refractivity (Wildman–Crippen MR) is 126 cm³/mol. The van der Waals surface area contributed by atoms with Crippen LogP contribution in [0.1, 0.15) is 49.1 Å². The van der Waals surface area contributed by atoms with Crippen molar-refractivity contribution in [1.29, 1.82) is 0 Å². The Bertz CT molecular complexity index is 1060. The number of hydrogen-bond donors (Lipinski definition) is 2. The van der Waals surface area contributed by atoms with E-state index >= 15 is 0 Å². The Hall–Kier alpha value is -3.28. The van der Waals surface area contributed by atoms with Gasteiger partial charge in [0, 0.05) is 42.5 Å². The molecule has 6 nitrogen and oxygen atoms in total. The van der Waals surface area contributed by atoms with Crippen molar-refractivity contribution in [3.63, 3.8) is 0 Å². The summed E-state index contributed by atoms with van der Waals surface area (Å²) in [4.78, 5) is 30.2. The van der Waals surface area contributed by atoms with E-state index in [2.05, 4.69) is 22.4 Å². The van der Waals surface area contributed by atoms with Crippen LogP contribution in [0.2, 0.25) is 0 Å². The molecule has 1 unspecified atom stereocenters. The van der Waals surface area contributed by atoms with Gasteiger partial charge in [0.1, 0.15) is 5.75 Å². The minimum absolute atomic E-state index is 0.0240. The Morgan fingerprint density at radius 2 is 1.88 bits per heavy atom. The summed E-state index contributed by atoms with van der Waals surface area (Å²) in [7, 11) is 1.65. The Morgan fingerprint density at radius 3 is 2.69 bits per heavy atom. The Morgan fingerprint density at radius 1 is 1.09 bits per heavy atom. The lowest BCUT2D eigenvalue weighted by atomic mass is 9.90. The van der Waals surface area contributed by atoms with E-state index < -0.39 is 0 Å². The number of fused-ring (bicyclic) bond motifs is 1. The first-order valence-corrected chi connectivity index (χ1v) is 11.4. The molecule has 32 heavy (non-hydrogen) atoms. The fourth-order valence-electron chi connectivity index (χ4n) is 4.45. The summed E-state index contributed by atoms with van der Waals surface area (Å²) >= 11 is 0. The molecule has 0 aliphatic carbocycles. The highest BCUT2D eigenvalue weighted by atomic mass is 16.5. The minimum atomic E-state index is -0.114. The number of benzene rings is 2. The number of rotatable bonds is 7. The second kappa shape index (κ2) is 10.4. The molecule has 6 heteroatoms. The molecule has 1 fully saturated rings. The van der Waals surface area contributed by atoms with Crippen molar-refractivity contribution in [3.05, 3.63) is 65.9 Å². The lowest BCUT2D eigenvalue weighted by Gasteiger charge is -2.25. The van der Waals surface area contributed by atoms with E-state index in [4.69, 9.17) is 4.74 Å². The molecular weight excluding hydrogens is 402 g/mol. The number of para-hydroxylation sites is 1. The van der Waals surface area contributed by atoms with E-state index in [0.717, 1.165) is 53.5 Å². The van der Waals surface area contributed by atoms with Crippen LogP contribution in [0, 0.1) is 0 Å². The third-order valence-corrected chi connectivity index (χ3v) is 6.27. The molecule has 1 saturated heterocycles. The number of likely N-dealkylation sites (tertiary alicyclic amines) is 1. The molecule has 4 rings (SSSR count). The zero-order valence-corrected chi connectivity index (χ0v) is 18.6. The van der Waals surface area contributed by atoms with Crippen LogP contribution in [0.25, 0.3) is 10.9 Å². The van der Waals surface area contributed by atoms with Crippen LogP contribution >= 0.6 is 0 Å². The van der Waals surface area contributed by atoms with Crippen molar-refractivity contribution in [2.75, 3.05) is 26.7 Å². The lowest BCUT2D eigenvalue weighted by molar-refractivity contribution is -0.136. The van der Waals surface area contributed by atoms with Gasteiger partial charge in [-0.25, -0.2) is 0 Å². The van der Waals surface area contributed by atoms with Gasteiger partial charge in [-0.3, -0.25) is 9.59 Å². The second-order valence-corrected chi connectivity index (χ2v) is 8.40. The van der Waals surface area contributed by atoms with Gasteiger partial charge in [0.25, 0.3) is 0 Å². The number of H-pyrrole nitrogens is 1. The van der Waals surface area contributed by atoms with Gasteiger partial charge in [0.15, 0.2) is 0 Å². The van der Waals surface area contributed by atoms with Crippen LogP contribution in [0.5, 0.6) is 5.75 Å². The number of carbonyl (C=O) groups is 2. The molecule has 168 valence electrons. The number of hydrogen-bond acceptors (Lipinski definition) is 3. The van der Waals surface area contributed by atoms with Crippen molar-refractivity contribution >= 4 is 22.7 Å². The zero-order valence-electron chi connectivity index (χ0n) is 18.6. The van der Waals surface area contributed by atoms with Gasteiger partial charge < -0.3 is 19.9 Å². The summed E-state index contributed by atoms with van der Waals surface area (Å²) in [5.41, 5.74) is 3.30. The summed E-state index contributed by atoms with van der Waals surface area (Å²) in [6.07, 6.45) is 6.65. The summed E-state index contributed by atoms with van der Waals surface area (Å²) in [6.45, 7) is 1.24. The van der Waals surface area contributed by atoms with E-state index in [1.807, 2.05) is 42.6 Å². The topological polar surface area (TPSA) is 74.4 Å². The molecule has 2 heterocycles. The van der Waals surface area contributed by atoms with E-state index in [1.54, 1.807) is 12.0 Å². The average molecular weight is 434 g/mol. The fraction of sp³-hybridized carbons (Fsp3) is 0.385. The first-order valence-electron chi connectivity index (χ1n) is 11.4. The maximum atomic E-state index is 12.8. The van der Waals surface area contributed by atoms with Crippen LogP contribution in [0.4, 0.5) is 0 Å². The summed E-state index contributed by atoms with van der Waals surface area (Å²) in [6, 6.07) is 16.1. The van der Waals surface area contributed by atoms with Crippen LogP contribution in [-0.4, -0.2) is 48.4 Å². The van der Waals surface area contributed by atoms with Crippen LogP contribution in [0.3, 0.4) is 0 Å². The third-order valence-electron chi connectivity index (χ3n) is 6.27. The molecule has 3 aromatic rings. The predicted octanol–water partition coefficient (Wildman–Crippen LogP) is 4.22. The molecule has 0 bridgehead atoms. The summed E-state index contributed by atoms with van der Waals surface area (Å²) in [5.74, 6) is 0.746. The highest BCUT2D eigenvalue weighted by molar-refractivity contribution is 5.86. The number of aromatic amines is 1. The highest BCUT2D eigenvalue weighted by Crippen LogP contribution is 2.31. The van der Waals surface area contributed by atoms with E-state index in [1.165, 1.54) is 0 Å². The first kappa shape index (κ1) is 21.9. The molecule has 1 atom stereocenters. The quantitative estimate of drug-likeness (QED) is 0.586. The number of aromatic nitrogens is 1. The maximum Gasteiger partial charge on any atom is 0.239 e. The maximum absolute atomic E-state index is 12.8. The number of nitrogens with zero attached hydrogens (tertiary/aromatic N) is 1. The van der Waals surface area contributed by atoms with Crippen molar-refractivity contribution in [1.82, 2.24) is 15.2 Å². The van der Waals surface area contributed by atoms with Crippen molar-refractivity contribution in [2.24, 2.45) is 0 Å². The average Bonchev–Trinajstić information content (AvgIpc) is 3.23. The van der Waals surface area contributed by atoms with Crippen molar-refractivity contribution < 1.29 is 14.3 Å². The van der Waals surface area contributed by atoms with Gasteiger partial charge in [-0.1, -0.05) is 43.2 Å². The summed E-state index contributed by atoms with van der Waals surface area (Å²) < 4.78 is 5.31. The molecule has 2 amide bonds. The van der Waals surface area contributed by atoms with Gasteiger partial charge >= 0.3 is 0 Å². The molecule has 2 aromatic carbocycles. The van der Waals surface area contributed by atoms with Gasteiger partial charge in [-0.2, -0.15) is 0 Å². The Labute approximate surface area is 188 Å². The minimum Gasteiger partial charge on any atom is -0.497 e. The van der Waals surface area contributed by atoms with Gasteiger partial charge in [-0.15, -0.1) is 0 Å². The number of amides is 2. The van der Waals surface area contributed by atoms with E-state index in [9.17, 15) is 9.59 Å². The SMILES string of the molecule is COc1ccc(C(CNC(=O)CN2CCCCCCC2=O)c2c[nH]c3ccccc23)cc1. The van der Waals surface area contributed by atoms with Gasteiger partial charge in [0.05, 0.1) is 13.7 Å². The van der Waals surface area contributed by atoms with Crippen LogP contribution < -0.4 is 10.1 Å².